The third-order valence-corrected chi connectivity index (χ3v) is 3.33. The molecule has 0 aliphatic carbocycles. The molecule has 0 atom stereocenters. The lowest BCUT2D eigenvalue weighted by Gasteiger charge is -2.12. The molecular formula is C14H17N3. The van der Waals surface area contributed by atoms with E-state index in [0.717, 1.165) is 24.7 Å². The van der Waals surface area contributed by atoms with Crippen LogP contribution in [0.2, 0.25) is 0 Å². The zero-order chi connectivity index (χ0) is 11.7. The number of nitrogens with zero attached hydrogens (tertiary/aromatic N) is 3. The summed E-state index contributed by atoms with van der Waals surface area (Å²) in [6, 6.07) is 10.4. The largest absolute Gasteiger partial charge is 0.355 e. The van der Waals surface area contributed by atoms with Gasteiger partial charge in [-0.05, 0) is 31.9 Å². The zero-order valence-electron chi connectivity index (χ0n) is 10.1. The molecule has 1 fully saturated rings. The lowest BCUT2D eigenvalue weighted by Crippen LogP contribution is -2.17. The Bertz CT molecular complexity index is 495. The molecule has 0 radical (unpaired) electrons. The van der Waals surface area contributed by atoms with Crippen molar-refractivity contribution < 1.29 is 0 Å². The van der Waals surface area contributed by atoms with Crippen LogP contribution in [0.4, 0.5) is 5.82 Å². The zero-order valence-corrected chi connectivity index (χ0v) is 10.1. The van der Waals surface area contributed by atoms with Crippen LogP contribution >= 0.6 is 0 Å². The molecule has 1 aliphatic rings. The Labute approximate surface area is 102 Å². The number of rotatable bonds is 2. The maximum absolute atomic E-state index is 4.66. The second-order valence-electron chi connectivity index (χ2n) is 4.55. The van der Waals surface area contributed by atoms with E-state index >= 15 is 0 Å². The van der Waals surface area contributed by atoms with E-state index in [2.05, 4.69) is 51.8 Å². The van der Waals surface area contributed by atoms with E-state index in [1.54, 1.807) is 0 Å². The van der Waals surface area contributed by atoms with Gasteiger partial charge in [-0.25, -0.2) is 4.98 Å². The van der Waals surface area contributed by atoms with Gasteiger partial charge in [0.2, 0.25) is 0 Å². The van der Waals surface area contributed by atoms with Crippen LogP contribution in [0, 0.1) is 6.92 Å². The van der Waals surface area contributed by atoms with E-state index in [0.29, 0.717) is 0 Å². The van der Waals surface area contributed by atoms with Crippen molar-refractivity contribution in [3.8, 4) is 5.69 Å². The summed E-state index contributed by atoms with van der Waals surface area (Å²) in [5.74, 6) is 2.17. The number of hydrogen-bond acceptors (Lipinski definition) is 2. The molecule has 0 unspecified atom stereocenters. The van der Waals surface area contributed by atoms with Gasteiger partial charge in [-0.2, -0.15) is 0 Å². The molecule has 0 amide bonds. The van der Waals surface area contributed by atoms with Gasteiger partial charge in [-0.1, -0.05) is 18.2 Å². The minimum absolute atomic E-state index is 1.05. The molecule has 2 aromatic rings. The average Bonchev–Trinajstić information content (AvgIpc) is 2.99. The molecular weight excluding hydrogens is 210 g/mol. The Morgan fingerprint density at radius 3 is 2.47 bits per heavy atom. The molecule has 1 aromatic carbocycles. The van der Waals surface area contributed by atoms with Crippen LogP contribution in [0.25, 0.3) is 5.69 Å². The van der Waals surface area contributed by atoms with Crippen molar-refractivity contribution in [1.82, 2.24) is 9.55 Å². The van der Waals surface area contributed by atoms with Crippen molar-refractivity contribution in [2.24, 2.45) is 0 Å². The Morgan fingerprint density at radius 1 is 1.06 bits per heavy atom. The minimum atomic E-state index is 1.05. The Kier molecular flexibility index (Phi) is 2.59. The second kappa shape index (κ2) is 4.24. The number of imidazole rings is 1. The van der Waals surface area contributed by atoms with Crippen LogP contribution in [-0.2, 0) is 0 Å². The molecule has 3 nitrogen and oxygen atoms in total. The van der Waals surface area contributed by atoms with Crippen molar-refractivity contribution in [1.29, 1.82) is 0 Å². The van der Waals surface area contributed by atoms with Crippen LogP contribution in [0.3, 0.4) is 0 Å². The first-order chi connectivity index (χ1) is 8.34. The maximum atomic E-state index is 4.66. The number of para-hydroxylation sites is 1. The Morgan fingerprint density at radius 2 is 1.76 bits per heavy atom. The molecule has 1 aromatic heterocycles. The smallest absolute Gasteiger partial charge is 0.147 e. The van der Waals surface area contributed by atoms with Crippen LogP contribution in [0.5, 0.6) is 0 Å². The van der Waals surface area contributed by atoms with E-state index in [1.165, 1.54) is 18.5 Å². The highest BCUT2D eigenvalue weighted by Crippen LogP contribution is 2.21. The quantitative estimate of drug-likeness (QED) is 0.786. The summed E-state index contributed by atoms with van der Waals surface area (Å²) in [6.45, 7) is 4.35. The molecule has 3 heteroatoms. The maximum Gasteiger partial charge on any atom is 0.147 e. The van der Waals surface area contributed by atoms with E-state index in [1.807, 2.05) is 6.07 Å². The van der Waals surface area contributed by atoms with Gasteiger partial charge in [-0.3, -0.25) is 0 Å². The SMILES string of the molecule is Cc1nc(N2CCCC2)cn1-c1ccccc1. The summed E-state index contributed by atoms with van der Waals surface area (Å²) < 4.78 is 2.16. The highest BCUT2D eigenvalue weighted by Gasteiger charge is 2.16. The van der Waals surface area contributed by atoms with Gasteiger partial charge in [-0.15, -0.1) is 0 Å². The summed E-state index contributed by atoms with van der Waals surface area (Å²) in [5.41, 5.74) is 1.18. The van der Waals surface area contributed by atoms with Crippen molar-refractivity contribution in [3.63, 3.8) is 0 Å². The van der Waals surface area contributed by atoms with Gasteiger partial charge in [0.15, 0.2) is 0 Å². The molecule has 88 valence electrons. The second-order valence-corrected chi connectivity index (χ2v) is 4.55. The monoisotopic (exact) mass is 227 g/mol. The highest BCUT2D eigenvalue weighted by molar-refractivity contribution is 5.43. The summed E-state index contributed by atoms with van der Waals surface area (Å²) in [6.07, 6.45) is 4.73. The fraction of sp³-hybridized carbons (Fsp3) is 0.357. The topological polar surface area (TPSA) is 21.1 Å². The van der Waals surface area contributed by atoms with Gasteiger partial charge in [0.25, 0.3) is 0 Å². The summed E-state index contributed by atoms with van der Waals surface area (Å²) in [7, 11) is 0. The number of anilines is 1. The van der Waals surface area contributed by atoms with E-state index in [4.69, 9.17) is 0 Å². The molecule has 3 rings (SSSR count). The van der Waals surface area contributed by atoms with Crippen LogP contribution < -0.4 is 4.90 Å². The summed E-state index contributed by atoms with van der Waals surface area (Å²) in [4.78, 5) is 7.03. The molecule has 0 bridgehead atoms. The van der Waals surface area contributed by atoms with Crippen LogP contribution in [0.1, 0.15) is 18.7 Å². The summed E-state index contributed by atoms with van der Waals surface area (Å²) >= 11 is 0. The van der Waals surface area contributed by atoms with E-state index < -0.39 is 0 Å². The number of aryl methyl sites for hydroxylation is 1. The molecule has 1 saturated heterocycles. The van der Waals surface area contributed by atoms with Gasteiger partial charge >= 0.3 is 0 Å². The third kappa shape index (κ3) is 1.93. The lowest BCUT2D eigenvalue weighted by molar-refractivity contribution is 0.940. The lowest BCUT2D eigenvalue weighted by atomic mass is 10.3. The number of aromatic nitrogens is 2. The fourth-order valence-corrected chi connectivity index (χ4v) is 2.41. The van der Waals surface area contributed by atoms with Crippen molar-refractivity contribution >= 4 is 5.82 Å². The predicted octanol–water partition coefficient (Wildman–Crippen LogP) is 2.78. The number of hydrogen-bond donors (Lipinski definition) is 0. The van der Waals surface area contributed by atoms with Crippen molar-refractivity contribution in [2.45, 2.75) is 19.8 Å². The minimum Gasteiger partial charge on any atom is -0.355 e. The fourth-order valence-electron chi connectivity index (χ4n) is 2.41. The van der Waals surface area contributed by atoms with Gasteiger partial charge in [0.05, 0.1) is 6.20 Å². The summed E-state index contributed by atoms with van der Waals surface area (Å²) in [5, 5.41) is 0. The first kappa shape index (κ1) is 10.4. The van der Waals surface area contributed by atoms with Crippen molar-refractivity contribution in [3.05, 3.63) is 42.4 Å². The Hall–Kier alpha value is -1.77. The van der Waals surface area contributed by atoms with Crippen LogP contribution in [0.15, 0.2) is 36.5 Å². The molecule has 0 saturated carbocycles. The highest BCUT2D eigenvalue weighted by atomic mass is 15.2. The first-order valence-corrected chi connectivity index (χ1v) is 6.21. The molecule has 17 heavy (non-hydrogen) atoms. The number of benzene rings is 1. The van der Waals surface area contributed by atoms with Gasteiger partial charge in [0.1, 0.15) is 11.6 Å². The van der Waals surface area contributed by atoms with Gasteiger partial charge in [0, 0.05) is 18.8 Å². The molecule has 0 spiro atoms. The van der Waals surface area contributed by atoms with Gasteiger partial charge < -0.3 is 9.47 Å². The third-order valence-electron chi connectivity index (χ3n) is 3.33. The molecule has 0 N–H and O–H groups in total. The average molecular weight is 227 g/mol. The predicted molar refractivity (Wildman–Crippen MR) is 69.7 cm³/mol. The normalized spacial score (nSPS) is 15.5. The van der Waals surface area contributed by atoms with Crippen LogP contribution in [-0.4, -0.2) is 22.6 Å². The molecule has 1 aliphatic heterocycles. The Balaban J connectivity index is 1.96. The van der Waals surface area contributed by atoms with Crippen molar-refractivity contribution in [2.75, 3.05) is 18.0 Å². The first-order valence-electron chi connectivity index (χ1n) is 6.21. The van der Waals surface area contributed by atoms with E-state index in [-0.39, 0.29) is 0 Å². The standard InChI is InChI=1S/C14H17N3/c1-12-15-14(16-9-5-6-10-16)11-17(12)13-7-3-2-4-8-13/h2-4,7-8,11H,5-6,9-10H2,1H3. The van der Waals surface area contributed by atoms with E-state index in [9.17, 15) is 0 Å². The molecule has 2 heterocycles.